The molecule has 6 nitrogen and oxygen atoms in total. The van der Waals surface area contributed by atoms with E-state index in [2.05, 4.69) is 27.8 Å². The predicted molar refractivity (Wildman–Crippen MR) is 118 cm³/mol. The van der Waals surface area contributed by atoms with Gasteiger partial charge in [-0.25, -0.2) is 13.1 Å². The van der Waals surface area contributed by atoms with Gasteiger partial charge in [0.2, 0.25) is 10.0 Å². The molecule has 2 bridgehead atoms. The van der Waals surface area contributed by atoms with E-state index in [1.54, 1.807) is 13.8 Å². The van der Waals surface area contributed by atoms with Crippen LogP contribution in [0.4, 0.5) is 0 Å². The first-order valence-electron chi connectivity index (χ1n) is 11.5. The third-order valence-corrected chi connectivity index (χ3v) is 8.87. The smallest absolute Gasteiger partial charge is 0.214 e. The molecule has 3 heterocycles. The van der Waals surface area contributed by atoms with Crippen molar-refractivity contribution in [2.75, 3.05) is 26.3 Å². The second-order valence-electron chi connectivity index (χ2n) is 9.26. The second-order valence-corrected chi connectivity index (χ2v) is 11.5. The van der Waals surface area contributed by atoms with E-state index in [9.17, 15) is 8.42 Å². The molecule has 7 heteroatoms. The number of fused-ring (bicyclic) bond motifs is 5. The Bertz CT molecular complexity index is 805. The quantitative estimate of drug-likeness (QED) is 0.788. The lowest BCUT2D eigenvalue weighted by Crippen LogP contribution is -2.58. The Kier molecular flexibility index (Phi) is 7.02. The van der Waals surface area contributed by atoms with Gasteiger partial charge in [-0.3, -0.25) is 4.90 Å². The highest BCUT2D eigenvalue weighted by molar-refractivity contribution is 7.90. The van der Waals surface area contributed by atoms with Crippen molar-refractivity contribution in [1.82, 2.24) is 9.62 Å². The Morgan fingerprint density at radius 2 is 1.83 bits per heavy atom. The third-order valence-electron chi connectivity index (χ3n) is 7.00. The van der Waals surface area contributed by atoms with Gasteiger partial charge in [-0.1, -0.05) is 18.2 Å². The van der Waals surface area contributed by atoms with Gasteiger partial charge in [0.25, 0.3) is 0 Å². The molecular formula is C23H36N2O4S. The van der Waals surface area contributed by atoms with Crippen molar-refractivity contribution in [2.45, 2.75) is 81.7 Å². The summed E-state index contributed by atoms with van der Waals surface area (Å²) in [6.45, 7) is 6.37. The molecule has 0 unspecified atom stereocenters. The molecule has 0 spiro atoms. The molecule has 1 aliphatic carbocycles. The van der Waals surface area contributed by atoms with Crippen LogP contribution in [0.25, 0.3) is 0 Å². The van der Waals surface area contributed by atoms with Crippen LogP contribution in [0, 0.1) is 0 Å². The molecule has 5 rings (SSSR count). The minimum atomic E-state index is -3.32. The van der Waals surface area contributed by atoms with Crippen LogP contribution in [-0.2, 0) is 14.8 Å². The first-order chi connectivity index (χ1) is 14.4. The van der Waals surface area contributed by atoms with Crippen molar-refractivity contribution < 1.29 is 17.9 Å². The fourth-order valence-electron chi connectivity index (χ4n) is 5.11. The summed E-state index contributed by atoms with van der Waals surface area (Å²) in [6.07, 6.45) is 6.42. The maximum Gasteiger partial charge on any atom is 0.214 e. The van der Waals surface area contributed by atoms with E-state index in [4.69, 9.17) is 9.47 Å². The summed E-state index contributed by atoms with van der Waals surface area (Å²) in [5.41, 5.74) is 1.33. The fourth-order valence-corrected chi connectivity index (χ4v) is 6.08. The number of nitrogens with one attached hydrogen (secondary N) is 1. The van der Waals surface area contributed by atoms with E-state index in [0.717, 1.165) is 57.4 Å². The average molecular weight is 437 g/mol. The van der Waals surface area contributed by atoms with Gasteiger partial charge >= 0.3 is 0 Å². The minimum Gasteiger partial charge on any atom is -0.492 e. The standard InChI is InChI=1S/C23H36N2O4S/c1-17(2)30(26,27)24-21-7-5-13-25-14-15-28-23-8-4-3-6-20(23)18-9-11-19(12-10-18)29-16-22(21)25/h3-4,6,8,17-19,21-22,24H,5,7,9-16H2,1-2H3/t18?,19?,21-,22-/m0/s1. The van der Waals surface area contributed by atoms with E-state index in [1.807, 2.05) is 6.07 Å². The van der Waals surface area contributed by atoms with Crippen LogP contribution in [0.5, 0.6) is 5.75 Å². The number of benzene rings is 1. The molecule has 30 heavy (non-hydrogen) atoms. The highest BCUT2D eigenvalue weighted by Gasteiger charge is 2.36. The van der Waals surface area contributed by atoms with Crippen molar-refractivity contribution in [3.05, 3.63) is 29.8 Å². The number of sulfonamides is 1. The maximum atomic E-state index is 12.6. The van der Waals surface area contributed by atoms with Crippen molar-refractivity contribution in [3.63, 3.8) is 0 Å². The van der Waals surface area contributed by atoms with Gasteiger partial charge in [0.1, 0.15) is 12.4 Å². The number of hydrogen-bond acceptors (Lipinski definition) is 5. The number of hydrogen-bond donors (Lipinski definition) is 1. The van der Waals surface area contributed by atoms with Crippen LogP contribution in [0.2, 0.25) is 0 Å². The predicted octanol–water partition coefficient (Wildman–Crippen LogP) is 3.28. The van der Waals surface area contributed by atoms with E-state index < -0.39 is 15.3 Å². The largest absolute Gasteiger partial charge is 0.492 e. The molecule has 1 aromatic rings. The van der Waals surface area contributed by atoms with Crippen LogP contribution in [0.1, 0.15) is 63.9 Å². The molecule has 1 aromatic carbocycles. The normalized spacial score (nSPS) is 31.0. The van der Waals surface area contributed by atoms with Crippen LogP contribution < -0.4 is 9.46 Å². The minimum absolute atomic E-state index is 0.0459. The molecule has 0 radical (unpaired) electrons. The van der Waals surface area contributed by atoms with Gasteiger partial charge in [0.05, 0.1) is 18.0 Å². The van der Waals surface area contributed by atoms with E-state index in [0.29, 0.717) is 19.1 Å². The Morgan fingerprint density at radius 1 is 1.07 bits per heavy atom. The van der Waals surface area contributed by atoms with Crippen LogP contribution in [0.3, 0.4) is 0 Å². The number of para-hydroxylation sites is 1. The summed E-state index contributed by atoms with van der Waals surface area (Å²) in [7, 11) is -3.32. The molecule has 2 fully saturated rings. The highest BCUT2D eigenvalue weighted by atomic mass is 32.2. The van der Waals surface area contributed by atoms with Crippen LogP contribution in [-0.4, -0.2) is 63.1 Å². The summed E-state index contributed by atoms with van der Waals surface area (Å²) < 4.78 is 40.8. The number of nitrogens with zero attached hydrogens (tertiary/aromatic N) is 1. The Morgan fingerprint density at radius 3 is 2.60 bits per heavy atom. The molecular weight excluding hydrogens is 400 g/mol. The van der Waals surface area contributed by atoms with Gasteiger partial charge in [-0.05, 0) is 76.5 Å². The Labute approximate surface area is 181 Å². The number of ether oxygens (including phenoxy) is 2. The zero-order valence-corrected chi connectivity index (χ0v) is 19.1. The van der Waals surface area contributed by atoms with Gasteiger partial charge in [-0.15, -0.1) is 0 Å². The average Bonchev–Trinajstić information content (AvgIpc) is 2.75. The van der Waals surface area contributed by atoms with Gasteiger partial charge in [-0.2, -0.15) is 0 Å². The summed E-state index contributed by atoms with van der Waals surface area (Å²) in [5.74, 6) is 1.54. The fraction of sp³-hybridized carbons (Fsp3) is 0.739. The summed E-state index contributed by atoms with van der Waals surface area (Å²) in [4.78, 5) is 2.37. The van der Waals surface area contributed by atoms with E-state index >= 15 is 0 Å². The monoisotopic (exact) mass is 436 g/mol. The second kappa shape index (κ2) is 9.55. The van der Waals surface area contributed by atoms with Crippen molar-refractivity contribution in [2.24, 2.45) is 0 Å². The first kappa shape index (κ1) is 22.1. The molecule has 0 aromatic heterocycles. The molecule has 1 saturated carbocycles. The SMILES string of the molecule is CC(C)S(=O)(=O)N[C@H]1CCCN2CCOc3ccccc3C3CCC(CC3)OC[C@@H]12. The van der Waals surface area contributed by atoms with Gasteiger partial charge in [0, 0.05) is 18.6 Å². The van der Waals surface area contributed by atoms with Crippen LogP contribution >= 0.6 is 0 Å². The Hall–Kier alpha value is -1.15. The van der Waals surface area contributed by atoms with Crippen molar-refractivity contribution in [1.29, 1.82) is 0 Å². The maximum absolute atomic E-state index is 12.6. The molecule has 1 N–H and O–H groups in total. The van der Waals surface area contributed by atoms with E-state index in [-0.39, 0.29) is 18.2 Å². The van der Waals surface area contributed by atoms with Gasteiger partial charge in [0.15, 0.2) is 0 Å². The lowest BCUT2D eigenvalue weighted by molar-refractivity contribution is -0.0284. The summed E-state index contributed by atoms with van der Waals surface area (Å²) in [5, 5.41) is -0.432. The molecule has 2 atom stereocenters. The van der Waals surface area contributed by atoms with Crippen molar-refractivity contribution >= 4 is 10.0 Å². The molecule has 168 valence electrons. The zero-order chi connectivity index (χ0) is 21.1. The lowest BCUT2D eigenvalue weighted by atomic mass is 9.82. The first-order valence-corrected chi connectivity index (χ1v) is 13.1. The number of rotatable bonds is 3. The Balaban J connectivity index is 1.54. The lowest BCUT2D eigenvalue weighted by Gasteiger charge is -2.42. The third kappa shape index (κ3) is 5.01. The van der Waals surface area contributed by atoms with Gasteiger partial charge < -0.3 is 9.47 Å². The van der Waals surface area contributed by atoms with E-state index in [1.165, 1.54) is 5.56 Å². The number of piperidine rings is 1. The molecule has 0 amide bonds. The zero-order valence-electron chi connectivity index (χ0n) is 18.3. The molecule has 3 aliphatic heterocycles. The summed E-state index contributed by atoms with van der Waals surface area (Å²) >= 11 is 0. The van der Waals surface area contributed by atoms with Crippen molar-refractivity contribution in [3.8, 4) is 5.75 Å². The molecule has 1 saturated heterocycles. The highest BCUT2D eigenvalue weighted by Crippen LogP contribution is 2.38. The topological polar surface area (TPSA) is 67.9 Å². The molecule has 4 aliphatic rings. The van der Waals surface area contributed by atoms with Crippen LogP contribution in [0.15, 0.2) is 24.3 Å². The summed E-state index contributed by atoms with van der Waals surface area (Å²) in [6, 6.07) is 8.39.